The molecule has 26 heavy (non-hydrogen) atoms. The van der Waals surface area contributed by atoms with Crippen molar-refractivity contribution in [2.24, 2.45) is 0 Å². The second kappa shape index (κ2) is 8.65. The molecule has 1 aliphatic rings. The normalized spacial score (nSPS) is 17.0. The molecule has 1 unspecified atom stereocenters. The first-order chi connectivity index (χ1) is 12.7. The molecule has 0 radical (unpaired) electrons. The van der Waals surface area contributed by atoms with Gasteiger partial charge in [-0.05, 0) is 42.5 Å². The van der Waals surface area contributed by atoms with Gasteiger partial charge >= 0.3 is 6.01 Å². The number of carbonyl (C=O) groups is 1. The van der Waals surface area contributed by atoms with Crippen molar-refractivity contribution in [2.45, 2.75) is 38.7 Å². The predicted molar refractivity (Wildman–Crippen MR) is 98.3 cm³/mol. The van der Waals surface area contributed by atoms with Gasteiger partial charge in [-0.3, -0.25) is 4.79 Å². The van der Waals surface area contributed by atoms with Crippen LogP contribution in [-0.2, 0) is 17.6 Å². The van der Waals surface area contributed by atoms with Gasteiger partial charge < -0.3 is 14.4 Å². The van der Waals surface area contributed by atoms with E-state index in [-0.39, 0.29) is 12.0 Å². The van der Waals surface area contributed by atoms with Crippen molar-refractivity contribution in [1.29, 1.82) is 0 Å². The Morgan fingerprint density at radius 3 is 2.81 bits per heavy atom. The van der Waals surface area contributed by atoms with Crippen molar-refractivity contribution in [3.8, 4) is 11.8 Å². The third kappa shape index (κ3) is 4.71. The minimum Gasteiger partial charge on any atom is -0.497 e. The first-order valence-electron chi connectivity index (χ1n) is 9.06. The second-order valence-electron chi connectivity index (χ2n) is 6.48. The van der Waals surface area contributed by atoms with Crippen LogP contribution in [0.5, 0.6) is 11.8 Å². The van der Waals surface area contributed by atoms with Crippen LogP contribution in [0.4, 0.5) is 0 Å². The molecule has 3 rings (SSSR count). The average molecular weight is 355 g/mol. The standard InChI is InChI=1S/C20H25N3O3/c1-3-15-12-21-20(22-13-15)26-18-8-5-9-23(14-18)19(24)11-16-6-4-7-17(10-16)25-2/h4,6-7,10,12-13,18H,3,5,8-9,11,14H2,1-2H3. The third-order valence-corrected chi connectivity index (χ3v) is 4.58. The lowest BCUT2D eigenvalue weighted by molar-refractivity contribution is -0.133. The molecular weight excluding hydrogens is 330 g/mol. The fourth-order valence-corrected chi connectivity index (χ4v) is 3.07. The Kier molecular flexibility index (Phi) is 6.04. The predicted octanol–water partition coefficient (Wildman–Crippen LogP) is 2.66. The van der Waals surface area contributed by atoms with Crippen LogP contribution in [0.15, 0.2) is 36.7 Å². The van der Waals surface area contributed by atoms with Crippen LogP contribution < -0.4 is 9.47 Å². The molecule has 1 fully saturated rings. The second-order valence-corrected chi connectivity index (χ2v) is 6.48. The van der Waals surface area contributed by atoms with Gasteiger partial charge in [0.25, 0.3) is 0 Å². The molecule has 138 valence electrons. The highest BCUT2D eigenvalue weighted by molar-refractivity contribution is 5.79. The lowest BCUT2D eigenvalue weighted by Crippen LogP contribution is -2.45. The Bertz CT molecular complexity index is 733. The number of piperidine rings is 1. The molecule has 1 saturated heterocycles. The number of likely N-dealkylation sites (tertiary alicyclic amines) is 1. The van der Waals surface area contributed by atoms with E-state index < -0.39 is 0 Å². The summed E-state index contributed by atoms with van der Waals surface area (Å²) < 4.78 is 11.1. The van der Waals surface area contributed by atoms with Crippen molar-refractivity contribution in [3.05, 3.63) is 47.8 Å². The van der Waals surface area contributed by atoms with E-state index in [0.29, 0.717) is 19.0 Å². The van der Waals surface area contributed by atoms with Crippen molar-refractivity contribution in [3.63, 3.8) is 0 Å². The van der Waals surface area contributed by atoms with Crippen molar-refractivity contribution < 1.29 is 14.3 Å². The van der Waals surface area contributed by atoms with Crippen molar-refractivity contribution in [1.82, 2.24) is 14.9 Å². The molecule has 0 saturated carbocycles. The molecule has 6 heteroatoms. The summed E-state index contributed by atoms with van der Waals surface area (Å²) in [5.41, 5.74) is 2.03. The molecule has 0 N–H and O–H groups in total. The van der Waals surface area contributed by atoms with E-state index in [0.717, 1.165) is 42.7 Å². The van der Waals surface area contributed by atoms with E-state index >= 15 is 0 Å². The van der Waals surface area contributed by atoms with Gasteiger partial charge in [0.05, 0.1) is 20.1 Å². The zero-order valence-corrected chi connectivity index (χ0v) is 15.4. The topological polar surface area (TPSA) is 64.5 Å². The summed E-state index contributed by atoms with van der Waals surface area (Å²) in [6.45, 7) is 3.39. The number of amides is 1. The fraction of sp³-hybridized carbons (Fsp3) is 0.450. The molecule has 1 aliphatic heterocycles. The molecule has 1 amide bonds. The molecule has 6 nitrogen and oxygen atoms in total. The average Bonchev–Trinajstić information content (AvgIpc) is 2.69. The maximum Gasteiger partial charge on any atom is 0.316 e. The number of hydrogen-bond acceptors (Lipinski definition) is 5. The Hall–Kier alpha value is -2.63. The van der Waals surface area contributed by atoms with Gasteiger partial charge in [0.2, 0.25) is 5.91 Å². The highest BCUT2D eigenvalue weighted by atomic mass is 16.5. The van der Waals surface area contributed by atoms with Crippen LogP contribution in [-0.4, -0.2) is 47.1 Å². The summed E-state index contributed by atoms with van der Waals surface area (Å²) in [6.07, 6.45) is 6.60. The summed E-state index contributed by atoms with van der Waals surface area (Å²) in [5.74, 6) is 0.872. The molecule has 2 heterocycles. The van der Waals surface area contributed by atoms with Gasteiger partial charge in [-0.1, -0.05) is 19.1 Å². The van der Waals surface area contributed by atoms with Crippen molar-refractivity contribution >= 4 is 5.91 Å². The maximum atomic E-state index is 12.6. The first kappa shape index (κ1) is 18.2. The van der Waals surface area contributed by atoms with Gasteiger partial charge in [-0.2, -0.15) is 0 Å². The van der Waals surface area contributed by atoms with E-state index in [4.69, 9.17) is 9.47 Å². The number of nitrogens with zero attached hydrogens (tertiary/aromatic N) is 3. The van der Waals surface area contributed by atoms with Crippen LogP contribution in [0.25, 0.3) is 0 Å². The molecule has 1 aromatic heterocycles. The number of aromatic nitrogens is 2. The van der Waals surface area contributed by atoms with Crippen LogP contribution in [0.1, 0.15) is 30.9 Å². The minimum atomic E-state index is -0.0644. The van der Waals surface area contributed by atoms with Gasteiger partial charge in [0, 0.05) is 18.9 Å². The summed E-state index contributed by atoms with van der Waals surface area (Å²) >= 11 is 0. The fourth-order valence-electron chi connectivity index (χ4n) is 3.07. The number of benzene rings is 1. The monoisotopic (exact) mass is 355 g/mol. The molecule has 2 aromatic rings. The van der Waals surface area contributed by atoms with E-state index in [1.165, 1.54) is 0 Å². The smallest absolute Gasteiger partial charge is 0.316 e. The number of hydrogen-bond donors (Lipinski definition) is 0. The zero-order chi connectivity index (χ0) is 18.4. The Morgan fingerprint density at radius 1 is 1.27 bits per heavy atom. The molecule has 0 bridgehead atoms. The minimum absolute atomic E-state index is 0.0644. The quantitative estimate of drug-likeness (QED) is 0.797. The van der Waals surface area contributed by atoms with Gasteiger partial charge in [-0.15, -0.1) is 0 Å². The Labute approximate surface area is 154 Å². The van der Waals surface area contributed by atoms with E-state index in [1.807, 2.05) is 29.2 Å². The SMILES string of the molecule is CCc1cnc(OC2CCCN(C(=O)Cc3cccc(OC)c3)C2)nc1. The van der Waals surface area contributed by atoms with E-state index in [1.54, 1.807) is 19.5 Å². The van der Waals surface area contributed by atoms with Crippen LogP contribution >= 0.6 is 0 Å². The zero-order valence-electron chi connectivity index (χ0n) is 15.4. The van der Waals surface area contributed by atoms with Gasteiger partial charge in [0.1, 0.15) is 11.9 Å². The number of carbonyl (C=O) groups excluding carboxylic acids is 1. The largest absolute Gasteiger partial charge is 0.497 e. The van der Waals surface area contributed by atoms with Crippen LogP contribution in [0, 0.1) is 0 Å². The molecule has 0 aliphatic carbocycles. The van der Waals surface area contributed by atoms with Crippen LogP contribution in [0.3, 0.4) is 0 Å². The van der Waals surface area contributed by atoms with Gasteiger partial charge in [0.15, 0.2) is 0 Å². The Balaban J connectivity index is 1.57. The highest BCUT2D eigenvalue weighted by Gasteiger charge is 2.25. The summed E-state index contributed by atoms with van der Waals surface area (Å²) in [6, 6.07) is 8.01. The van der Waals surface area contributed by atoms with Crippen molar-refractivity contribution in [2.75, 3.05) is 20.2 Å². The molecule has 1 aromatic carbocycles. The number of ether oxygens (including phenoxy) is 2. The molecule has 1 atom stereocenters. The van der Waals surface area contributed by atoms with E-state index in [9.17, 15) is 4.79 Å². The van der Waals surface area contributed by atoms with E-state index in [2.05, 4.69) is 16.9 Å². The van der Waals surface area contributed by atoms with Gasteiger partial charge in [-0.25, -0.2) is 9.97 Å². The van der Waals surface area contributed by atoms with Crippen LogP contribution in [0.2, 0.25) is 0 Å². The first-order valence-corrected chi connectivity index (χ1v) is 9.06. The maximum absolute atomic E-state index is 12.6. The highest BCUT2D eigenvalue weighted by Crippen LogP contribution is 2.18. The summed E-state index contributed by atoms with van der Waals surface area (Å²) in [4.78, 5) is 23.0. The number of methoxy groups -OCH3 is 1. The lowest BCUT2D eigenvalue weighted by Gasteiger charge is -2.32. The summed E-state index contributed by atoms with van der Waals surface area (Å²) in [5, 5.41) is 0. The summed E-state index contributed by atoms with van der Waals surface area (Å²) in [7, 11) is 1.63. The number of aryl methyl sites for hydroxylation is 1. The Morgan fingerprint density at radius 2 is 2.08 bits per heavy atom. The molecular formula is C20H25N3O3. The third-order valence-electron chi connectivity index (χ3n) is 4.58. The lowest BCUT2D eigenvalue weighted by atomic mass is 10.1. The molecule has 0 spiro atoms. The number of rotatable bonds is 6.